The fourth-order valence-corrected chi connectivity index (χ4v) is 3.23. The molecule has 0 amide bonds. The van der Waals surface area contributed by atoms with Crippen LogP contribution in [0.5, 0.6) is 17.2 Å². The van der Waals surface area contributed by atoms with Crippen molar-refractivity contribution in [1.82, 2.24) is 15.0 Å². The van der Waals surface area contributed by atoms with Gasteiger partial charge < -0.3 is 15.3 Å². The molecule has 3 aromatic heterocycles. The molecule has 3 aromatic carbocycles. The molecule has 8 nitrogen and oxygen atoms in total. The number of fused-ring (bicyclic) bond motifs is 3. The summed E-state index contributed by atoms with van der Waals surface area (Å²) in [5.41, 5.74) is 1.65. The molecule has 38 heavy (non-hydrogen) atoms. The van der Waals surface area contributed by atoms with E-state index in [0.717, 1.165) is 16.2 Å². The van der Waals surface area contributed by atoms with Crippen molar-refractivity contribution in [2.24, 2.45) is 0 Å². The maximum atomic E-state index is 11.1. The number of aromatic nitrogens is 3. The number of nitrogens with zero attached hydrogens (tertiary/aromatic N) is 3. The van der Waals surface area contributed by atoms with Crippen LogP contribution in [0.15, 0.2) is 110 Å². The number of hydrogen-bond donors (Lipinski definition) is 0. The van der Waals surface area contributed by atoms with Crippen molar-refractivity contribution in [2.45, 2.75) is 0 Å². The van der Waals surface area contributed by atoms with Crippen molar-refractivity contribution in [1.29, 1.82) is 0 Å². The number of benzene rings is 3. The molecule has 0 N–H and O–H groups in total. The van der Waals surface area contributed by atoms with Gasteiger partial charge >= 0.3 is 19.5 Å². The summed E-state index contributed by atoms with van der Waals surface area (Å²) >= 11 is 0. The smallest absolute Gasteiger partial charge is 0.871 e. The number of carbonyl (C=O) groups excluding carboxylic acids is 2. The van der Waals surface area contributed by atoms with Crippen LogP contribution in [0.25, 0.3) is 32.7 Å². The topological polar surface area (TPSA) is 142 Å². The van der Waals surface area contributed by atoms with Crippen LogP contribution in [-0.4, -0.2) is 28.5 Å². The van der Waals surface area contributed by atoms with Crippen LogP contribution in [0.2, 0.25) is 0 Å². The van der Waals surface area contributed by atoms with E-state index in [9.17, 15) is 15.3 Å². The summed E-state index contributed by atoms with van der Waals surface area (Å²) in [6.45, 7) is 9.00. The molecule has 6 aromatic rings. The van der Waals surface area contributed by atoms with Crippen molar-refractivity contribution in [2.75, 3.05) is 0 Å². The zero-order chi connectivity index (χ0) is 27.0. The molecular formula is C29H18N3O5Rh. The minimum absolute atomic E-state index is 0. The van der Waals surface area contributed by atoms with Crippen LogP contribution in [0.4, 0.5) is 0 Å². The number of rotatable bonds is 0. The summed E-state index contributed by atoms with van der Waals surface area (Å²) in [7, 11) is 0. The maximum Gasteiger partial charge on any atom is 3.00 e. The van der Waals surface area contributed by atoms with E-state index in [1.807, 2.05) is 54.6 Å². The van der Waals surface area contributed by atoms with Gasteiger partial charge in [-0.15, -0.1) is 0 Å². The molecule has 9 heteroatoms. The second-order valence-corrected chi connectivity index (χ2v) is 6.99. The average Bonchev–Trinajstić information content (AvgIpc) is 2.97. The molecule has 0 fully saturated rings. The van der Waals surface area contributed by atoms with Gasteiger partial charge in [-0.1, -0.05) is 90.0 Å². The molecule has 0 saturated carbocycles. The predicted octanol–water partition coefficient (Wildman–Crippen LogP) is 3.13. The van der Waals surface area contributed by atoms with E-state index >= 15 is 0 Å². The predicted molar refractivity (Wildman–Crippen MR) is 135 cm³/mol. The van der Waals surface area contributed by atoms with E-state index in [2.05, 4.69) is 28.5 Å². The van der Waals surface area contributed by atoms with Gasteiger partial charge in [0, 0.05) is 18.6 Å². The van der Waals surface area contributed by atoms with Gasteiger partial charge in [-0.05, 0) is 34.4 Å². The normalized spacial score (nSPS) is 9.05. The van der Waals surface area contributed by atoms with Crippen LogP contribution in [0.1, 0.15) is 0 Å². The monoisotopic (exact) mass is 591 g/mol. The quantitative estimate of drug-likeness (QED) is 0.245. The Kier molecular flexibility index (Phi) is 13.9. The van der Waals surface area contributed by atoms with E-state index in [1.165, 1.54) is 18.2 Å². The molecule has 188 valence electrons. The molecule has 3 heterocycles. The van der Waals surface area contributed by atoms with Crippen LogP contribution in [-0.2, 0) is 29.1 Å². The van der Waals surface area contributed by atoms with E-state index < -0.39 is 0 Å². The SMILES string of the molecule is [C]=O.[C]=O.[O-]c1cccc2cccnc12.[O-]c1cccc2cccnc12.[O-]c1cccc2cccnc12.[Rh+3]. The van der Waals surface area contributed by atoms with E-state index in [0.29, 0.717) is 16.6 Å². The average molecular weight is 591 g/mol. The van der Waals surface area contributed by atoms with Crippen LogP contribution >= 0.6 is 0 Å². The van der Waals surface area contributed by atoms with Crippen molar-refractivity contribution in [3.8, 4) is 17.2 Å². The Hall–Kier alpha value is -4.75. The van der Waals surface area contributed by atoms with Gasteiger partial charge in [0.2, 0.25) is 0 Å². The molecule has 4 radical (unpaired) electrons. The van der Waals surface area contributed by atoms with Crippen LogP contribution in [0.3, 0.4) is 0 Å². The number of pyridine rings is 3. The van der Waals surface area contributed by atoms with Crippen LogP contribution < -0.4 is 15.3 Å². The zero-order valence-corrected chi connectivity index (χ0v) is 21.2. The fraction of sp³-hybridized carbons (Fsp3) is 0. The molecule has 0 spiro atoms. The largest absolute Gasteiger partial charge is 3.00 e. The molecule has 0 atom stereocenters. The number of para-hydroxylation sites is 3. The third-order valence-corrected chi connectivity index (χ3v) is 4.79. The molecule has 6 rings (SSSR count). The van der Waals surface area contributed by atoms with Gasteiger partial charge in [0.15, 0.2) is 0 Å². The van der Waals surface area contributed by atoms with Crippen molar-refractivity contribution < 1.29 is 44.4 Å². The minimum Gasteiger partial charge on any atom is -0.871 e. The Balaban J connectivity index is 0.000000264. The zero-order valence-electron chi connectivity index (χ0n) is 19.6. The van der Waals surface area contributed by atoms with E-state index in [4.69, 9.17) is 9.59 Å². The van der Waals surface area contributed by atoms with E-state index in [1.54, 1.807) is 36.8 Å². The minimum atomic E-state index is -0.0110. The van der Waals surface area contributed by atoms with Gasteiger partial charge in [-0.3, -0.25) is 24.5 Å². The molecule has 0 bridgehead atoms. The standard InChI is InChI=1S/3C9H7NO.2CO.Rh/c3*11-8-5-1-3-7-4-2-6-10-9(7)8;2*1-2;/h3*1-6,11H;;;/q;;;;;+3/p-3. The summed E-state index contributed by atoms with van der Waals surface area (Å²) in [5.74, 6) is -0.0331. The van der Waals surface area contributed by atoms with Gasteiger partial charge in [-0.2, -0.15) is 0 Å². The third-order valence-electron chi connectivity index (χ3n) is 4.79. The Morgan fingerprint density at radius 3 is 0.895 bits per heavy atom. The Morgan fingerprint density at radius 1 is 0.421 bits per heavy atom. The summed E-state index contributed by atoms with van der Waals surface area (Å²) in [6, 6.07) is 26.5. The molecule has 0 saturated heterocycles. The van der Waals surface area contributed by atoms with Gasteiger partial charge in [0.05, 0.1) is 16.6 Å². The first-order valence-electron chi connectivity index (χ1n) is 10.6. The first-order valence-corrected chi connectivity index (χ1v) is 10.6. The molecule has 0 aliphatic heterocycles. The van der Waals surface area contributed by atoms with Crippen molar-refractivity contribution in [3.05, 3.63) is 110 Å². The van der Waals surface area contributed by atoms with Crippen molar-refractivity contribution >= 4 is 46.3 Å². The van der Waals surface area contributed by atoms with Crippen molar-refractivity contribution in [3.63, 3.8) is 0 Å². The molecule has 0 unspecified atom stereocenters. The van der Waals surface area contributed by atoms with Gasteiger partial charge in [-0.25, -0.2) is 0 Å². The molecular weight excluding hydrogens is 573 g/mol. The first-order chi connectivity index (χ1) is 18.1. The number of hydrogen-bond acceptors (Lipinski definition) is 8. The molecule has 0 aliphatic carbocycles. The van der Waals surface area contributed by atoms with Crippen LogP contribution in [0, 0.1) is 0 Å². The van der Waals surface area contributed by atoms with E-state index in [-0.39, 0.29) is 36.7 Å². The Labute approximate surface area is 232 Å². The summed E-state index contributed by atoms with van der Waals surface area (Å²) in [4.78, 5) is 26.9. The Morgan fingerprint density at radius 2 is 0.658 bits per heavy atom. The summed E-state index contributed by atoms with van der Waals surface area (Å²) < 4.78 is 0. The summed E-state index contributed by atoms with van der Waals surface area (Å²) in [6.07, 6.45) is 4.89. The summed E-state index contributed by atoms with van der Waals surface area (Å²) in [5, 5.41) is 36.1. The van der Waals surface area contributed by atoms with Gasteiger partial charge in [0.25, 0.3) is 13.6 Å². The second-order valence-electron chi connectivity index (χ2n) is 6.99. The Bertz CT molecular complexity index is 1360. The second kappa shape index (κ2) is 16.8. The van der Waals surface area contributed by atoms with Gasteiger partial charge in [0.1, 0.15) is 0 Å². The third kappa shape index (κ3) is 8.43. The first kappa shape index (κ1) is 31.3. The fourth-order valence-electron chi connectivity index (χ4n) is 3.23. The maximum absolute atomic E-state index is 11.1. The molecule has 0 aliphatic rings.